The fraction of sp³-hybridized carbons (Fsp3) is 0.0455. The van der Waals surface area contributed by atoms with Gasteiger partial charge in [0.2, 0.25) is 5.91 Å². The van der Waals surface area contributed by atoms with Crippen molar-refractivity contribution >= 4 is 52.4 Å². The number of rotatable bonds is 6. The van der Waals surface area contributed by atoms with Gasteiger partial charge in [0.1, 0.15) is 12.3 Å². The third kappa shape index (κ3) is 3.60. The summed E-state index contributed by atoms with van der Waals surface area (Å²) in [7, 11) is 0. The van der Waals surface area contributed by atoms with E-state index in [1.165, 1.54) is 24.3 Å². The molecule has 0 radical (unpaired) electrons. The van der Waals surface area contributed by atoms with Crippen LogP contribution in [0.1, 0.15) is 15.9 Å². The summed E-state index contributed by atoms with van der Waals surface area (Å²) in [6.45, 7) is -0.0334. The van der Waals surface area contributed by atoms with Crippen LogP contribution in [0, 0.1) is 0 Å². The topological polar surface area (TPSA) is 135 Å². The minimum Gasteiger partial charge on any atom is -0.478 e. The van der Waals surface area contributed by atoms with E-state index in [0.717, 1.165) is 15.9 Å². The maximum atomic E-state index is 13.0. The molecule has 0 atom stereocenters. The predicted molar refractivity (Wildman–Crippen MR) is 113 cm³/mol. The quantitative estimate of drug-likeness (QED) is 0.467. The lowest BCUT2D eigenvalue weighted by Gasteiger charge is -2.11. The fourth-order valence-electron chi connectivity index (χ4n) is 3.42. The van der Waals surface area contributed by atoms with Gasteiger partial charge in [-0.2, -0.15) is 10.1 Å². The van der Waals surface area contributed by atoms with Crippen molar-refractivity contribution in [1.82, 2.24) is 4.57 Å². The summed E-state index contributed by atoms with van der Waals surface area (Å²) >= 11 is 0. The van der Waals surface area contributed by atoms with Gasteiger partial charge in [-0.05, 0) is 36.4 Å². The molecule has 0 spiro atoms. The average Bonchev–Trinajstić information content (AvgIpc) is 3.26. The number of para-hydroxylation sites is 1. The molecule has 0 saturated heterocycles. The molecule has 9 nitrogen and oxygen atoms in total. The smallest absolute Gasteiger partial charge is 0.335 e. The molecule has 2 amide bonds. The van der Waals surface area contributed by atoms with Gasteiger partial charge in [-0.15, -0.1) is 0 Å². The van der Waals surface area contributed by atoms with Crippen molar-refractivity contribution in [3.63, 3.8) is 0 Å². The third-order valence-electron chi connectivity index (χ3n) is 4.82. The van der Waals surface area contributed by atoms with Gasteiger partial charge in [-0.1, -0.05) is 18.2 Å². The van der Waals surface area contributed by atoms with Crippen LogP contribution in [0.5, 0.6) is 0 Å². The molecule has 0 unspecified atom stereocenters. The largest absolute Gasteiger partial charge is 0.478 e. The van der Waals surface area contributed by atoms with Gasteiger partial charge in [0.15, 0.2) is 6.29 Å². The van der Waals surface area contributed by atoms with Crippen molar-refractivity contribution in [3.8, 4) is 0 Å². The highest BCUT2D eigenvalue weighted by molar-refractivity contribution is 6.50. The van der Waals surface area contributed by atoms with E-state index in [1.54, 1.807) is 16.8 Å². The summed E-state index contributed by atoms with van der Waals surface area (Å²) in [6, 6.07) is 12.9. The van der Waals surface area contributed by atoms with Crippen LogP contribution in [-0.4, -0.2) is 39.5 Å². The van der Waals surface area contributed by atoms with Crippen molar-refractivity contribution < 1.29 is 24.3 Å². The minimum atomic E-state index is -1.09. The number of hydrogen-bond acceptors (Lipinski definition) is 5. The van der Waals surface area contributed by atoms with Gasteiger partial charge in [-0.3, -0.25) is 14.4 Å². The van der Waals surface area contributed by atoms with E-state index in [0.29, 0.717) is 17.5 Å². The fourth-order valence-corrected chi connectivity index (χ4v) is 3.42. The Balaban J connectivity index is 1.75. The lowest BCUT2D eigenvalue weighted by Crippen LogP contribution is -2.21. The standard InChI is InChI=1S/C22H16N4O5/c23-20(28)11-25-10-14(16-3-1-2-4-19(16)25)9-17-18(12-27)24-26(21(17)29)15-7-5-13(6-8-15)22(30)31/h1-10,12H,11H2,(H2,23,28)(H,30,31). The zero-order valence-electron chi connectivity index (χ0n) is 16.1. The van der Waals surface area contributed by atoms with Gasteiger partial charge in [0, 0.05) is 22.7 Å². The predicted octanol–water partition coefficient (Wildman–Crippen LogP) is 1.81. The van der Waals surface area contributed by atoms with Gasteiger partial charge < -0.3 is 15.4 Å². The monoisotopic (exact) mass is 416 g/mol. The van der Waals surface area contributed by atoms with E-state index < -0.39 is 17.8 Å². The zero-order valence-corrected chi connectivity index (χ0v) is 16.1. The Morgan fingerprint density at radius 2 is 1.81 bits per heavy atom. The summed E-state index contributed by atoms with van der Waals surface area (Å²) in [5.74, 6) is -2.13. The van der Waals surface area contributed by atoms with Gasteiger partial charge in [0.05, 0.1) is 16.8 Å². The molecule has 2 heterocycles. The number of benzene rings is 2. The molecule has 1 aromatic heterocycles. The number of aldehydes is 1. The van der Waals surface area contributed by atoms with Crippen molar-refractivity contribution in [1.29, 1.82) is 0 Å². The van der Waals surface area contributed by atoms with Gasteiger partial charge in [-0.25, -0.2) is 4.79 Å². The summed E-state index contributed by atoms with van der Waals surface area (Å²) in [4.78, 5) is 47.0. The van der Waals surface area contributed by atoms with Crippen LogP contribution >= 0.6 is 0 Å². The molecule has 0 bridgehead atoms. The van der Waals surface area contributed by atoms with Crippen LogP contribution in [0.25, 0.3) is 17.0 Å². The summed E-state index contributed by atoms with van der Waals surface area (Å²) in [6.07, 6.45) is 3.71. The highest BCUT2D eigenvalue weighted by atomic mass is 16.4. The number of carboxylic acid groups (broad SMARTS) is 1. The number of aromatic nitrogens is 1. The highest BCUT2D eigenvalue weighted by Gasteiger charge is 2.31. The number of anilines is 1. The molecule has 4 rings (SSSR count). The lowest BCUT2D eigenvalue weighted by molar-refractivity contribution is -0.118. The molecule has 1 aliphatic heterocycles. The Morgan fingerprint density at radius 1 is 1.10 bits per heavy atom. The number of amides is 2. The first-order chi connectivity index (χ1) is 14.9. The van der Waals surface area contributed by atoms with Crippen LogP contribution in [0.2, 0.25) is 0 Å². The second-order valence-corrected chi connectivity index (χ2v) is 6.83. The summed E-state index contributed by atoms with van der Waals surface area (Å²) in [5, 5.41) is 14.9. The Hall–Kier alpha value is -4.53. The first-order valence-electron chi connectivity index (χ1n) is 9.19. The molecule has 0 aliphatic carbocycles. The number of carbonyl (C=O) groups excluding carboxylic acids is 3. The Bertz CT molecular complexity index is 1300. The first-order valence-corrected chi connectivity index (χ1v) is 9.19. The molecule has 0 saturated carbocycles. The van der Waals surface area contributed by atoms with Crippen molar-refractivity contribution in [3.05, 3.63) is 71.4 Å². The Labute approximate surface area is 175 Å². The molecule has 2 aromatic carbocycles. The van der Waals surface area contributed by atoms with E-state index in [2.05, 4.69) is 5.10 Å². The SMILES string of the molecule is NC(=O)Cn1cc(C=C2C(=O)N(c3ccc(C(=O)O)cc3)N=C2C=O)c2ccccc21. The number of hydrogen-bond donors (Lipinski definition) is 2. The van der Waals surface area contributed by atoms with E-state index in [-0.39, 0.29) is 23.4 Å². The lowest BCUT2D eigenvalue weighted by atomic mass is 10.1. The van der Waals surface area contributed by atoms with Crippen molar-refractivity contribution in [2.45, 2.75) is 6.54 Å². The number of primary amides is 1. The van der Waals surface area contributed by atoms with Crippen molar-refractivity contribution in [2.75, 3.05) is 5.01 Å². The van der Waals surface area contributed by atoms with E-state index in [9.17, 15) is 19.2 Å². The number of carboxylic acids is 1. The van der Waals surface area contributed by atoms with Gasteiger partial charge in [0.25, 0.3) is 5.91 Å². The highest BCUT2D eigenvalue weighted by Crippen LogP contribution is 2.28. The van der Waals surface area contributed by atoms with E-state index >= 15 is 0 Å². The molecule has 1 aliphatic rings. The normalized spacial score (nSPS) is 14.8. The maximum absolute atomic E-state index is 13.0. The number of nitrogens with two attached hydrogens (primary N) is 1. The number of carbonyl (C=O) groups is 4. The third-order valence-corrected chi connectivity index (χ3v) is 4.82. The number of fused-ring (bicyclic) bond motifs is 1. The van der Waals surface area contributed by atoms with Gasteiger partial charge >= 0.3 is 5.97 Å². The molecule has 31 heavy (non-hydrogen) atoms. The number of nitrogens with zero attached hydrogens (tertiary/aromatic N) is 3. The summed E-state index contributed by atoms with van der Waals surface area (Å²) in [5.41, 5.74) is 7.12. The molecule has 9 heteroatoms. The van der Waals surface area contributed by atoms with Crippen LogP contribution in [0.3, 0.4) is 0 Å². The van der Waals surface area contributed by atoms with E-state index in [1.807, 2.05) is 24.3 Å². The van der Waals surface area contributed by atoms with Crippen LogP contribution in [0.15, 0.2) is 65.4 Å². The Morgan fingerprint density at radius 3 is 2.45 bits per heavy atom. The average molecular weight is 416 g/mol. The van der Waals surface area contributed by atoms with Crippen molar-refractivity contribution in [2.24, 2.45) is 10.8 Å². The molecular weight excluding hydrogens is 400 g/mol. The van der Waals surface area contributed by atoms with E-state index in [4.69, 9.17) is 10.8 Å². The minimum absolute atomic E-state index is 0.0334. The Kier molecular flexibility index (Phi) is 4.92. The molecule has 3 N–H and O–H groups in total. The van der Waals surface area contributed by atoms with Crippen LogP contribution in [0.4, 0.5) is 5.69 Å². The second-order valence-electron chi connectivity index (χ2n) is 6.83. The zero-order chi connectivity index (χ0) is 22.1. The maximum Gasteiger partial charge on any atom is 0.335 e. The van der Waals surface area contributed by atoms with Crippen LogP contribution < -0.4 is 10.7 Å². The molecule has 3 aromatic rings. The number of aromatic carboxylic acids is 1. The molecule has 154 valence electrons. The molecular formula is C22H16N4O5. The first kappa shape index (κ1) is 19.8. The van der Waals surface area contributed by atoms with Crippen LogP contribution in [-0.2, 0) is 20.9 Å². The summed E-state index contributed by atoms with van der Waals surface area (Å²) < 4.78 is 1.67. The number of hydrazone groups is 1. The second kappa shape index (κ2) is 7.71. The molecule has 0 fully saturated rings.